The lowest BCUT2D eigenvalue weighted by atomic mass is 9.73. The molecule has 0 saturated carbocycles. The second-order valence-corrected chi connectivity index (χ2v) is 7.07. The highest BCUT2D eigenvalue weighted by Crippen LogP contribution is 2.40. The van der Waals surface area contributed by atoms with E-state index in [1.165, 1.54) is 0 Å². The molecule has 3 heterocycles. The first-order valence-corrected chi connectivity index (χ1v) is 8.65. The maximum Gasteiger partial charge on any atom is 0.319 e. The third-order valence-electron chi connectivity index (χ3n) is 5.02. The summed E-state index contributed by atoms with van der Waals surface area (Å²) >= 11 is 0. The Morgan fingerprint density at radius 3 is 3.17 bits per heavy atom. The summed E-state index contributed by atoms with van der Waals surface area (Å²) in [5, 5.41) is 0. The molecule has 132 valence electrons. The number of pyridine rings is 1. The molecule has 2 amide bonds. The summed E-state index contributed by atoms with van der Waals surface area (Å²) in [6.07, 6.45) is 6.73. The van der Waals surface area contributed by atoms with Crippen LogP contribution >= 0.6 is 0 Å². The van der Waals surface area contributed by atoms with Crippen LogP contribution in [0.1, 0.15) is 24.8 Å². The molecule has 2 aliphatic rings. The van der Waals surface area contributed by atoms with Crippen LogP contribution in [-0.2, 0) is 16.1 Å². The minimum absolute atomic E-state index is 0.0747. The molecule has 0 radical (unpaired) electrons. The number of piperidine rings is 1. The Morgan fingerprint density at radius 2 is 2.42 bits per heavy atom. The molecule has 2 unspecified atom stereocenters. The highest BCUT2D eigenvalue weighted by Gasteiger charge is 2.47. The molecule has 1 aromatic rings. The maximum absolute atomic E-state index is 12.4. The SMILES string of the molecule is CN(C)C(=O)N1CCC2OCCCC2(COCc2cccnc2)C1. The van der Waals surface area contributed by atoms with Gasteiger partial charge in [-0.25, -0.2) is 4.79 Å². The second kappa shape index (κ2) is 7.49. The van der Waals surface area contributed by atoms with Crippen molar-refractivity contribution in [3.8, 4) is 0 Å². The number of aromatic nitrogens is 1. The molecule has 2 aliphatic heterocycles. The number of fused-ring (bicyclic) bond motifs is 1. The summed E-state index contributed by atoms with van der Waals surface area (Å²) in [5.74, 6) is 0. The van der Waals surface area contributed by atoms with Crippen LogP contribution in [0.25, 0.3) is 0 Å². The Balaban J connectivity index is 1.66. The third-order valence-corrected chi connectivity index (χ3v) is 5.02. The number of carbonyl (C=O) groups is 1. The molecule has 6 heteroatoms. The first-order valence-electron chi connectivity index (χ1n) is 8.65. The van der Waals surface area contributed by atoms with Gasteiger partial charge in [0.15, 0.2) is 0 Å². The average molecular weight is 333 g/mol. The van der Waals surface area contributed by atoms with E-state index >= 15 is 0 Å². The molecule has 0 N–H and O–H groups in total. The van der Waals surface area contributed by atoms with E-state index < -0.39 is 0 Å². The number of rotatable bonds is 4. The zero-order chi connectivity index (χ0) is 17.0. The smallest absolute Gasteiger partial charge is 0.319 e. The van der Waals surface area contributed by atoms with Crippen LogP contribution in [0.4, 0.5) is 4.79 Å². The molecular weight excluding hydrogens is 306 g/mol. The number of carbonyl (C=O) groups excluding carboxylic acids is 1. The molecule has 1 aromatic heterocycles. The predicted molar refractivity (Wildman–Crippen MR) is 90.6 cm³/mol. The molecule has 2 fully saturated rings. The van der Waals surface area contributed by atoms with Gasteiger partial charge in [0.1, 0.15) is 0 Å². The van der Waals surface area contributed by atoms with Gasteiger partial charge in [0.05, 0.1) is 19.3 Å². The number of hydrogen-bond donors (Lipinski definition) is 0. The van der Waals surface area contributed by atoms with E-state index in [2.05, 4.69) is 4.98 Å². The zero-order valence-electron chi connectivity index (χ0n) is 14.6. The molecule has 0 bridgehead atoms. The van der Waals surface area contributed by atoms with E-state index in [-0.39, 0.29) is 17.6 Å². The Hall–Kier alpha value is -1.66. The van der Waals surface area contributed by atoms with Gasteiger partial charge in [0.2, 0.25) is 0 Å². The van der Waals surface area contributed by atoms with Crippen LogP contribution < -0.4 is 0 Å². The number of likely N-dealkylation sites (tertiary alicyclic amines) is 1. The molecule has 0 spiro atoms. The molecule has 24 heavy (non-hydrogen) atoms. The number of amides is 2. The molecule has 0 aliphatic carbocycles. The molecule has 0 aromatic carbocycles. The van der Waals surface area contributed by atoms with Gasteiger partial charge in [0, 0.05) is 51.6 Å². The average Bonchev–Trinajstić information content (AvgIpc) is 2.61. The van der Waals surface area contributed by atoms with Crippen molar-refractivity contribution in [3.63, 3.8) is 0 Å². The van der Waals surface area contributed by atoms with E-state index in [1.807, 2.05) is 23.2 Å². The number of urea groups is 1. The van der Waals surface area contributed by atoms with Crippen LogP contribution in [0.15, 0.2) is 24.5 Å². The summed E-state index contributed by atoms with van der Waals surface area (Å²) in [4.78, 5) is 20.1. The van der Waals surface area contributed by atoms with Crippen molar-refractivity contribution in [2.45, 2.75) is 32.0 Å². The number of nitrogens with zero attached hydrogens (tertiary/aromatic N) is 3. The standard InChI is InChI=1S/C18H27N3O3/c1-20(2)17(22)21-9-6-16-18(13-21,7-4-10-24-16)14-23-12-15-5-3-8-19-11-15/h3,5,8,11,16H,4,6-7,9-10,12-14H2,1-2H3. The largest absolute Gasteiger partial charge is 0.377 e. The lowest BCUT2D eigenvalue weighted by molar-refractivity contribution is -0.149. The van der Waals surface area contributed by atoms with Crippen molar-refractivity contribution in [2.75, 3.05) is 40.4 Å². The van der Waals surface area contributed by atoms with Crippen LogP contribution in [0, 0.1) is 5.41 Å². The minimum Gasteiger partial charge on any atom is -0.377 e. The van der Waals surface area contributed by atoms with Crippen LogP contribution in [0.5, 0.6) is 0 Å². The van der Waals surface area contributed by atoms with Gasteiger partial charge in [0.25, 0.3) is 0 Å². The van der Waals surface area contributed by atoms with E-state index in [4.69, 9.17) is 9.47 Å². The molecule has 3 rings (SSSR count). The van der Waals surface area contributed by atoms with Gasteiger partial charge < -0.3 is 19.3 Å². The van der Waals surface area contributed by atoms with Crippen LogP contribution in [0.3, 0.4) is 0 Å². The Labute approximate surface area is 143 Å². The van der Waals surface area contributed by atoms with Crippen molar-refractivity contribution in [1.82, 2.24) is 14.8 Å². The molecule has 2 saturated heterocycles. The topological polar surface area (TPSA) is 54.9 Å². The summed E-state index contributed by atoms with van der Waals surface area (Å²) in [5.41, 5.74) is 0.976. The van der Waals surface area contributed by atoms with Gasteiger partial charge >= 0.3 is 6.03 Å². The fraction of sp³-hybridized carbons (Fsp3) is 0.667. The Kier molecular flexibility index (Phi) is 5.36. The fourth-order valence-corrected chi connectivity index (χ4v) is 3.80. The monoisotopic (exact) mass is 333 g/mol. The predicted octanol–water partition coefficient (Wildman–Crippen LogP) is 2.15. The first-order chi connectivity index (χ1) is 11.6. The second-order valence-electron chi connectivity index (χ2n) is 7.07. The van der Waals surface area contributed by atoms with Gasteiger partial charge in [-0.15, -0.1) is 0 Å². The zero-order valence-corrected chi connectivity index (χ0v) is 14.6. The molecule has 2 atom stereocenters. The highest BCUT2D eigenvalue weighted by molar-refractivity contribution is 5.74. The minimum atomic E-state index is -0.0929. The van der Waals surface area contributed by atoms with E-state index in [0.717, 1.165) is 38.0 Å². The normalized spacial score (nSPS) is 26.8. The Bertz CT molecular complexity index is 552. The van der Waals surface area contributed by atoms with E-state index in [9.17, 15) is 4.79 Å². The van der Waals surface area contributed by atoms with Gasteiger partial charge in [-0.3, -0.25) is 4.98 Å². The summed E-state index contributed by atoms with van der Waals surface area (Å²) in [7, 11) is 3.61. The van der Waals surface area contributed by atoms with Gasteiger partial charge in [-0.05, 0) is 30.9 Å². The maximum atomic E-state index is 12.4. The Morgan fingerprint density at radius 1 is 1.54 bits per heavy atom. The third kappa shape index (κ3) is 3.70. The quantitative estimate of drug-likeness (QED) is 0.847. The highest BCUT2D eigenvalue weighted by atomic mass is 16.5. The van der Waals surface area contributed by atoms with Crippen molar-refractivity contribution < 1.29 is 14.3 Å². The van der Waals surface area contributed by atoms with Gasteiger partial charge in [-0.2, -0.15) is 0 Å². The lowest BCUT2D eigenvalue weighted by Crippen LogP contribution is -2.59. The van der Waals surface area contributed by atoms with Crippen molar-refractivity contribution in [1.29, 1.82) is 0 Å². The number of ether oxygens (including phenoxy) is 2. The van der Waals surface area contributed by atoms with Crippen molar-refractivity contribution in [3.05, 3.63) is 30.1 Å². The fourth-order valence-electron chi connectivity index (χ4n) is 3.80. The van der Waals surface area contributed by atoms with E-state index in [1.54, 1.807) is 25.2 Å². The number of hydrogen-bond acceptors (Lipinski definition) is 4. The van der Waals surface area contributed by atoms with Crippen molar-refractivity contribution >= 4 is 6.03 Å². The molecular formula is C18H27N3O3. The van der Waals surface area contributed by atoms with Crippen LogP contribution in [0.2, 0.25) is 0 Å². The summed E-state index contributed by atoms with van der Waals surface area (Å²) < 4.78 is 12.1. The summed E-state index contributed by atoms with van der Waals surface area (Å²) in [6.45, 7) is 3.44. The summed E-state index contributed by atoms with van der Waals surface area (Å²) in [6, 6.07) is 4.01. The van der Waals surface area contributed by atoms with Crippen molar-refractivity contribution in [2.24, 2.45) is 5.41 Å². The van der Waals surface area contributed by atoms with Crippen LogP contribution in [-0.4, -0.2) is 67.3 Å². The van der Waals surface area contributed by atoms with Gasteiger partial charge in [-0.1, -0.05) is 6.07 Å². The molecule has 6 nitrogen and oxygen atoms in total. The van der Waals surface area contributed by atoms with E-state index in [0.29, 0.717) is 19.8 Å². The first kappa shape index (κ1) is 17.2. The lowest BCUT2D eigenvalue weighted by Gasteiger charge is -2.50.